The summed E-state index contributed by atoms with van der Waals surface area (Å²) >= 11 is 0. The molecule has 0 aliphatic carbocycles. The molecule has 0 atom stereocenters. The van der Waals surface area contributed by atoms with Crippen LogP contribution in [0.25, 0.3) is 0 Å². The Kier molecular flexibility index (Phi) is 4.84. The number of nitrogens with zero attached hydrogens (tertiary/aromatic N) is 3. The minimum absolute atomic E-state index is 0.0554. The second-order valence-corrected chi connectivity index (χ2v) is 5.88. The maximum Gasteiger partial charge on any atom is 0.271 e. The van der Waals surface area contributed by atoms with E-state index >= 15 is 0 Å². The third kappa shape index (κ3) is 3.76. The zero-order valence-corrected chi connectivity index (χ0v) is 13.7. The van der Waals surface area contributed by atoms with Crippen molar-refractivity contribution in [2.24, 2.45) is 0 Å². The van der Waals surface area contributed by atoms with Crippen LogP contribution >= 0.6 is 0 Å². The van der Waals surface area contributed by atoms with Crippen molar-refractivity contribution in [2.75, 3.05) is 13.1 Å². The van der Waals surface area contributed by atoms with E-state index in [1.165, 1.54) is 17.3 Å². The summed E-state index contributed by atoms with van der Waals surface area (Å²) in [6.07, 6.45) is 4.15. The van der Waals surface area contributed by atoms with Gasteiger partial charge < -0.3 is 10.2 Å². The Balaban J connectivity index is 1.48. The van der Waals surface area contributed by atoms with Crippen LogP contribution in [0, 0.1) is 6.92 Å². The van der Waals surface area contributed by atoms with E-state index < -0.39 is 0 Å². The first kappa shape index (κ1) is 16.1. The lowest BCUT2D eigenvalue weighted by atomic mass is 10.00. The monoisotopic (exact) mass is 324 g/mol. The summed E-state index contributed by atoms with van der Waals surface area (Å²) in [5.41, 5.74) is 3.54. The molecule has 0 bridgehead atoms. The average Bonchev–Trinajstić information content (AvgIpc) is 2.61. The van der Waals surface area contributed by atoms with Crippen LogP contribution in [0.3, 0.4) is 0 Å². The van der Waals surface area contributed by atoms with Gasteiger partial charge in [0.2, 0.25) is 5.91 Å². The lowest BCUT2D eigenvalue weighted by Crippen LogP contribution is -2.38. The SMILES string of the molecule is Cc1cnc(C(=O)NCCC(=O)N2CCc3ccccc3C2)cn1. The Hall–Kier alpha value is -2.76. The van der Waals surface area contributed by atoms with Gasteiger partial charge in [0.25, 0.3) is 5.91 Å². The summed E-state index contributed by atoms with van der Waals surface area (Å²) in [6.45, 7) is 3.48. The minimum Gasteiger partial charge on any atom is -0.350 e. The van der Waals surface area contributed by atoms with Crippen LogP contribution < -0.4 is 5.32 Å². The van der Waals surface area contributed by atoms with Gasteiger partial charge in [0.1, 0.15) is 5.69 Å². The summed E-state index contributed by atoms with van der Waals surface area (Å²) in [5.74, 6) is -0.251. The molecule has 6 heteroatoms. The van der Waals surface area contributed by atoms with Crippen LogP contribution in [-0.4, -0.2) is 39.8 Å². The lowest BCUT2D eigenvalue weighted by molar-refractivity contribution is -0.131. The molecule has 1 aliphatic heterocycles. The Morgan fingerprint density at radius 2 is 1.96 bits per heavy atom. The summed E-state index contributed by atoms with van der Waals surface area (Å²) in [6, 6.07) is 8.20. The predicted octanol–water partition coefficient (Wildman–Crippen LogP) is 1.49. The Labute approximate surface area is 140 Å². The highest BCUT2D eigenvalue weighted by molar-refractivity contribution is 5.92. The topological polar surface area (TPSA) is 75.2 Å². The van der Waals surface area contributed by atoms with Crippen molar-refractivity contribution in [1.29, 1.82) is 0 Å². The molecule has 0 fully saturated rings. The van der Waals surface area contributed by atoms with E-state index in [-0.39, 0.29) is 23.9 Å². The molecule has 1 aromatic carbocycles. The lowest BCUT2D eigenvalue weighted by Gasteiger charge is -2.29. The number of aromatic nitrogens is 2. The quantitative estimate of drug-likeness (QED) is 0.924. The number of fused-ring (bicyclic) bond motifs is 1. The maximum absolute atomic E-state index is 12.3. The summed E-state index contributed by atoms with van der Waals surface area (Å²) in [4.78, 5) is 34.2. The number of carbonyl (C=O) groups is 2. The van der Waals surface area contributed by atoms with Gasteiger partial charge >= 0.3 is 0 Å². The highest BCUT2D eigenvalue weighted by Crippen LogP contribution is 2.18. The van der Waals surface area contributed by atoms with Crippen molar-refractivity contribution in [1.82, 2.24) is 20.2 Å². The van der Waals surface area contributed by atoms with Crippen molar-refractivity contribution < 1.29 is 9.59 Å². The molecule has 6 nitrogen and oxygen atoms in total. The van der Waals surface area contributed by atoms with E-state index in [0.29, 0.717) is 13.1 Å². The highest BCUT2D eigenvalue weighted by Gasteiger charge is 2.20. The Morgan fingerprint density at radius 3 is 2.71 bits per heavy atom. The first-order valence-corrected chi connectivity index (χ1v) is 8.05. The summed E-state index contributed by atoms with van der Waals surface area (Å²) < 4.78 is 0. The molecule has 0 saturated carbocycles. The fraction of sp³-hybridized carbons (Fsp3) is 0.333. The minimum atomic E-state index is -0.306. The fourth-order valence-corrected chi connectivity index (χ4v) is 2.75. The van der Waals surface area contributed by atoms with Gasteiger partial charge in [0.05, 0.1) is 11.9 Å². The molecule has 124 valence electrons. The molecule has 1 N–H and O–H groups in total. The summed E-state index contributed by atoms with van der Waals surface area (Å²) in [5, 5.41) is 2.72. The molecular weight excluding hydrogens is 304 g/mol. The first-order chi connectivity index (χ1) is 11.6. The van der Waals surface area contributed by atoms with Crippen LogP contribution in [0.2, 0.25) is 0 Å². The smallest absolute Gasteiger partial charge is 0.271 e. The molecule has 1 aliphatic rings. The van der Waals surface area contributed by atoms with Crippen LogP contribution in [0.1, 0.15) is 33.7 Å². The zero-order valence-electron chi connectivity index (χ0n) is 13.7. The normalized spacial score (nSPS) is 13.3. The second-order valence-electron chi connectivity index (χ2n) is 5.88. The third-order valence-corrected chi connectivity index (χ3v) is 4.12. The predicted molar refractivity (Wildman–Crippen MR) is 89.3 cm³/mol. The summed E-state index contributed by atoms with van der Waals surface area (Å²) in [7, 11) is 0. The van der Waals surface area contributed by atoms with Crippen molar-refractivity contribution in [3.05, 3.63) is 59.2 Å². The van der Waals surface area contributed by atoms with Crippen LogP contribution in [0.5, 0.6) is 0 Å². The number of benzene rings is 1. The Morgan fingerprint density at radius 1 is 1.17 bits per heavy atom. The van der Waals surface area contributed by atoms with Crippen molar-refractivity contribution in [2.45, 2.75) is 26.3 Å². The molecule has 0 spiro atoms. The van der Waals surface area contributed by atoms with Crippen LogP contribution in [-0.2, 0) is 17.8 Å². The van der Waals surface area contributed by atoms with Gasteiger partial charge in [-0.1, -0.05) is 24.3 Å². The van der Waals surface area contributed by atoms with Crippen molar-refractivity contribution >= 4 is 11.8 Å². The van der Waals surface area contributed by atoms with E-state index in [0.717, 1.165) is 18.7 Å². The zero-order chi connectivity index (χ0) is 16.9. The van der Waals surface area contributed by atoms with Gasteiger partial charge in [-0.25, -0.2) is 4.98 Å². The fourth-order valence-electron chi connectivity index (χ4n) is 2.75. The number of rotatable bonds is 4. The van der Waals surface area contributed by atoms with E-state index in [2.05, 4.69) is 27.4 Å². The molecule has 2 heterocycles. The molecule has 2 amide bonds. The van der Waals surface area contributed by atoms with Gasteiger partial charge in [-0.15, -0.1) is 0 Å². The van der Waals surface area contributed by atoms with Crippen LogP contribution in [0.15, 0.2) is 36.7 Å². The molecule has 0 unspecified atom stereocenters. The van der Waals surface area contributed by atoms with Gasteiger partial charge in [-0.2, -0.15) is 0 Å². The molecule has 1 aromatic heterocycles. The maximum atomic E-state index is 12.3. The molecule has 2 aromatic rings. The number of hydrogen-bond donors (Lipinski definition) is 1. The molecule has 24 heavy (non-hydrogen) atoms. The number of aryl methyl sites for hydroxylation is 1. The third-order valence-electron chi connectivity index (χ3n) is 4.12. The number of carbonyl (C=O) groups excluding carboxylic acids is 2. The Bertz CT molecular complexity index is 743. The van der Waals surface area contributed by atoms with Gasteiger partial charge in [-0.05, 0) is 24.5 Å². The van der Waals surface area contributed by atoms with E-state index in [1.54, 1.807) is 6.20 Å². The van der Waals surface area contributed by atoms with Gasteiger partial charge in [0, 0.05) is 32.3 Å². The molecular formula is C18H20N4O2. The van der Waals surface area contributed by atoms with Gasteiger partial charge in [-0.3, -0.25) is 14.6 Å². The number of nitrogens with one attached hydrogen (secondary N) is 1. The van der Waals surface area contributed by atoms with Crippen molar-refractivity contribution in [3.8, 4) is 0 Å². The standard InChI is InChI=1S/C18H20N4O2/c1-13-10-21-16(11-20-13)18(24)19-8-6-17(23)22-9-7-14-4-2-3-5-15(14)12-22/h2-5,10-11H,6-9,12H2,1H3,(H,19,24). The average molecular weight is 324 g/mol. The first-order valence-electron chi connectivity index (χ1n) is 8.05. The second kappa shape index (κ2) is 7.21. The number of hydrogen-bond acceptors (Lipinski definition) is 4. The van der Waals surface area contributed by atoms with E-state index in [1.807, 2.05) is 24.0 Å². The van der Waals surface area contributed by atoms with Gasteiger partial charge in [0.15, 0.2) is 0 Å². The number of amides is 2. The molecule has 0 saturated heterocycles. The largest absolute Gasteiger partial charge is 0.350 e. The molecule has 3 rings (SSSR count). The highest BCUT2D eigenvalue weighted by atomic mass is 16.2. The van der Waals surface area contributed by atoms with Crippen LogP contribution in [0.4, 0.5) is 0 Å². The van der Waals surface area contributed by atoms with Crippen molar-refractivity contribution in [3.63, 3.8) is 0 Å². The van der Waals surface area contributed by atoms with E-state index in [9.17, 15) is 9.59 Å². The molecule has 0 radical (unpaired) electrons. The van der Waals surface area contributed by atoms with E-state index in [4.69, 9.17) is 0 Å².